The summed E-state index contributed by atoms with van der Waals surface area (Å²) in [6.45, 7) is 2.90. The molecule has 96 valence electrons. The van der Waals surface area contributed by atoms with Gasteiger partial charge in [-0.2, -0.15) is 0 Å². The highest BCUT2D eigenvalue weighted by atomic mass is 16.4. The Morgan fingerprint density at radius 2 is 2.06 bits per heavy atom. The molecule has 0 bridgehead atoms. The van der Waals surface area contributed by atoms with Crippen LogP contribution in [0.15, 0.2) is 5.16 Å². The Labute approximate surface area is 101 Å². The van der Waals surface area contributed by atoms with E-state index in [0.717, 1.165) is 13.0 Å². The molecule has 0 aromatic rings. The molecule has 2 saturated carbocycles. The third-order valence-electron chi connectivity index (χ3n) is 4.14. The van der Waals surface area contributed by atoms with Crippen LogP contribution < -0.4 is 11.1 Å². The third kappa shape index (κ3) is 2.23. The first-order chi connectivity index (χ1) is 8.08. The Morgan fingerprint density at radius 1 is 1.41 bits per heavy atom. The van der Waals surface area contributed by atoms with Gasteiger partial charge in [0, 0.05) is 6.54 Å². The van der Waals surface area contributed by atoms with E-state index in [1.165, 1.54) is 19.3 Å². The van der Waals surface area contributed by atoms with Gasteiger partial charge in [-0.3, -0.25) is 4.79 Å². The van der Waals surface area contributed by atoms with Crippen molar-refractivity contribution in [3.8, 4) is 0 Å². The van der Waals surface area contributed by atoms with Crippen molar-refractivity contribution in [2.75, 3.05) is 6.54 Å². The van der Waals surface area contributed by atoms with E-state index in [0.29, 0.717) is 18.3 Å². The zero-order valence-electron chi connectivity index (χ0n) is 10.3. The molecular weight excluding hydrogens is 218 g/mol. The number of amides is 1. The van der Waals surface area contributed by atoms with Crippen LogP contribution in [0.2, 0.25) is 0 Å². The van der Waals surface area contributed by atoms with Crippen LogP contribution in [0.5, 0.6) is 0 Å². The SMILES string of the molecule is CCCC1(CNC(=O)C2(C(N)=NO)CC2)CC1. The second-order valence-corrected chi connectivity index (χ2v) is 5.50. The number of nitrogens with two attached hydrogens (primary N) is 1. The molecule has 2 fully saturated rings. The fraction of sp³-hybridized carbons (Fsp3) is 0.833. The van der Waals surface area contributed by atoms with Gasteiger partial charge in [0.2, 0.25) is 5.91 Å². The minimum atomic E-state index is -0.711. The lowest BCUT2D eigenvalue weighted by Gasteiger charge is -2.18. The van der Waals surface area contributed by atoms with Gasteiger partial charge in [0.1, 0.15) is 5.41 Å². The maximum absolute atomic E-state index is 12.0. The van der Waals surface area contributed by atoms with Crippen LogP contribution in [-0.4, -0.2) is 23.5 Å². The number of nitrogens with one attached hydrogen (secondary N) is 1. The highest BCUT2D eigenvalue weighted by Crippen LogP contribution is 2.50. The van der Waals surface area contributed by atoms with Crippen LogP contribution in [0.4, 0.5) is 0 Å². The Morgan fingerprint density at radius 3 is 2.47 bits per heavy atom. The Balaban J connectivity index is 1.86. The van der Waals surface area contributed by atoms with Crippen LogP contribution in [0.1, 0.15) is 45.4 Å². The third-order valence-corrected chi connectivity index (χ3v) is 4.14. The van der Waals surface area contributed by atoms with Gasteiger partial charge in [0.25, 0.3) is 0 Å². The zero-order valence-corrected chi connectivity index (χ0v) is 10.3. The molecule has 5 nitrogen and oxygen atoms in total. The number of oxime groups is 1. The number of hydrogen-bond acceptors (Lipinski definition) is 3. The predicted octanol–water partition coefficient (Wildman–Crippen LogP) is 1.21. The van der Waals surface area contributed by atoms with E-state index >= 15 is 0 Å². The maximum atomic E-state index is 12.0. The number of nitrogens with zero attached hydrogens (tertiary/aromatic N) is 1. The summed E-state index contributed by atoms with van der Waals surface area (Å²) >= 11 is 0. The number of hydrogen-bond donors (Lipinski definition) is 3. The first kappa shape index (κ1) is 12.2. The van der Waals surface area contributed by atoms with Gasteiger partial charge in [-0.25, -0.2) is 0 Å². The summed E-state index contributed by atoms with van der Waals surface area (Å²) in [6.07, 6.45) is 6.12. The molecule has 2 aliphatic rings. The number of carbonyl (C=O) groups is 1. The standard InChI is InChI=1S/C12H21N3O2/c1-2-3-11(4-5-11)8-14-10(16)12(6-7-12)9(13)15-17/h17H,2-8H2,1H3,(H2,13,15)(H,14,16). The summed E-state index contributed by atoms with van der Waals surface area (Å²) in [5.41, 5.74) is 5.19. The number of carbonyl (C=O) groups excluding carboxylic acids is 1. The Kier molecular flexibility index (Phi) is 3.02. The van der Waals surface area contributed by atoms with E-state index < -0.39 is 5.41 Å². The smallest absolute Gasteiger partial charge is 0.233 e. The average Bonchev–Trinajstić information content (AvgIpc) is 3.21. The normalized spacial score (nSPS) is 24.2. The highest BCUT2D eigenvalue weighted by molar-refractivity contribution is 6.09. The molecule has 0 saturated heterocycles. The lowest BCUT2D eigenvalue weighted by Crippen LogP contribution is -2.42. The molecule has 0 unspecified atom stereocenters. The van der Waals surface area contributed by atoms with E-state index in [9.17, 15) is 4.79 Å². The van der Waals surface area contributed by atoms with Crippen molar-refractivity contribution in [2.45, 2.75) is 45.4 Å². The summed E-state index contributed by atoms with van der Waals surface area (Å²) in [7, 11) is 0. The fourth-order valence-electron chi connectivity index (χ4n) is 2.48. The minimum absolute atomic E-state index is 0.0512. The molecule has 0 heterocycles. The van der Waals surface area contributed by atoms with Crippen molar-refractivity contribution >= 4 is 11.7 Å². The molecule has 2 rings (SSSR count). The van der Waals surface area contributed by atoms with Crippen LogP contribution in [-0.2, 0) is 4.79 Å². The van der Waals surface area contributed by atoms with Crippen molar-refractivity contribution in [3.05, 3.63) is 0 Å². The zero-order chi connectivity index (χ0) is 12.5. The largest absolute Gasteiger partial charge is 0.409 e. The fourth-order valence-corrected chi connectivity index (χ4v) is 2.48. The molecule has 0 aromatic carbocycles. The lowest BCUT2D eigenvalue weighted by atomic mass is 9.99. The molecule has 5 heteroatoms. The van der Waals surface area contributed by atoms with Crippen LogP contribution >= 0.6 is 0 Å². The van der Waals surface area contributed by atoms with Gasteiger partial charge >= 0.3 is 0 Å². The molecule has 0 spiro atoms. The molecule has 4 N–H and O–H groups in total. The Bertz CT molecular complexity index is 344. The number of rotatable bonds is 6. The summed E-state index contributed by atoms with van der Waals surface area (Å²) in [5.74, 6) is -0.0227. The predicted molar refractivity (Wildman–Crippen MR) is 64.7 cm³/mol. The lowest BCUT2D eigenvalue weighted by molar-refractivity contribution is -0.124. The molecule has 0 aromatic heterocycles. The first-order valence-electron chi connectivity index (χ1n) is 6.35. The summed E-state index contributed by atoms with van der Waals surface area (Å²) < 4.78 is 0. The van der Waals surface area contributed by atoms with Crippen molar-refractivity contribution in [2.24, 2.45) is 21.7 Å². The summed E-state index contributed by atoms with van der Waals surface area (Å²) in [6, 6.07) is 0. The van der Waals surface area contributed by atoms with E-state index in [1.54, 1.807) is 0 Å². The highest BCUT2D eigenvalue weighted by Gasteiger charge is 2.54. The van der Waals surface area contributed by atoms with Gasteiger partial charge in [-0.05, 0) is 37.5 Å². The second-order valence-electron chi connectivity index (χ2n) is 5.50. The van der Waals surface area contributed by atoms with Crippen molar-refractivity contribution in [1.29, 1.82) is 0 Å². The van der Waals surface area contributed by atoms with Crippen molar-refractivity contribution in [1.82, 2.24) is 5.32 Å². The average molecular weight is 239 g/mol. The molecule has 2 aliphatic carbocycles. The van der Waals surface area contributed by atoms with Crippen LogP contribution in [0, 0.1) is 10.8 Å². The van der Waals surface area contributed by atoms with Gasteiger partial charge in [-0.15, -0.1) is 0 Å². The van der Waals surface area contributed by atoms with Gasteiger partial charge in [0.15, 0.2) is 5.84 Å². The molecule has 0 aliphatic heterocycles. The van der Waals surface area contributed by atoms with Gasteiger partial charge < -0.3 is 16.3 Å². The first-order valence-corrected chi connectivity index (χ1v) is 6.35. The quantitative estimate of drug-likeness (QED) is 0.282. The maximum Gasteiger partial charge on any atom is 0.233 e. The monoisotopic (exact) mass is 239 g/mol. The van der Waals surface area contributed by atoms with E-state index in [2.05, 4.69) is 17.4 Å². The van der Waals surface area contributed by atoms with Crippen molar-refractivity contribution < 1.29 is 10.0 Å². The molecule has 0 atom stereocenters. The summed E-state index contributed by atoms with van der Waals surface area (Å²) in [5, 5.41) is 14.6. The van der Waals surface area contributed by atoms with E-state index in [4.69, 9.17) is 10.9 Å². The van der Waals surface area contributed by atoms with Crippen LogP contribution in [0.3, 0.4) is 0 Å². The Hall–Kier alpha value is -1.26. The van der Waals surface area contributed by atoms with E-state index in [1.807, 2.05) is 0 Å². The summed E-state index contributed by atoms with van der Waals surface area (Å²) in [4.78, 5) is 12.0. The minimum Gasteiger partial charge on any atom is -0.409 e. The number of amidine groups is 1. The topological polar surface area (TPSA) is 87.7 Å². The van der Waals surface area contributed by atoms with Gasteiger partial charge in [-0.1, -0.05) is 18.5 Å². The molecule has 17 heavy (non-hydrogen) atoms. The second kappa shape index (κ2) is 4.20. The van der Waals surface area contributed by atoms with E-state index in [-0.39, 0.29) is 11.7 Å². The molecular formula is C12H21N3O2. The molecule has 1 amide bonds. The van der Waals surface area contributed by atoms with Gasteiger partial charge in [0.05, 0.1) is 0 Å². The van der Waals surface area contributed by atoms with Crippen LogP contribution in [0.25, 0.3) is 0 Å². The van der Waals surface area contributed by atoms with Crippen molar-refractivity contribution in [3.63, 3.8) is 0 Å². The molecule has 0 radical (unpaired) electrons.